The van der Waals surface area contributed by atoms with E-state index in [1.807, 2.05) is 24.3 Å². The number of hydrazine groups is 1. The minimum Gasteiger partial charge on any atom is -0.494 e. The van der Waals surface area contributed by atoms with Crippen LogP contribution in [-0.4, -0.2) is 6.61 Å². The van der Waals surface area contributed by atoms with E-state index in [0.717, 1.165) is 35.2 Å². The molecule has 0 saturated heterocycles. The van der Waals surface area contributed by atoms with Gasteiger partial charge in [-0.05, 0) is 48.2 Å². The van der Waals surface area contributed by atoms with Gasteiger partial charge in [0, 0.05) is 4.47 Å². The molecule has 3 N–H and O–H groups in total. The Labute approximate surface area is 134 Å². The number of nitrogens with two attached hydrogens (primary N) is 1. The third-order valence-corrected chi connectivity index (χ3v) is 3.82. The molecule has 0 fully saturated rings. The fourth-order valence-corrected chi connectivity index (χ4v) is 2.43. The molecule has 0 aromatic heterocycles. The lowest BCUT2D eigenvalue weighted by molar-refractivity contribution is 0.316. The Bertz CT molecular complexity index is 557. The van der Waals surface area contributed by atoms with Crippen molar-refractivity contribution in [1.29, 1.82) is 0 Å². The first-order chi connectivity index (χ1) is 10.2. The van der Waals surface area contributed by atoms with Gasteiger partial charge < -0.3 is 4.74 Å². The summed E-state index contributed by atoms with van der Waals surface area (Å²) in [5.74, 6) is 6.63. The monoisotopic (exact) mass is 348 g/mol. The van der Waals surface area contributed by atoms with Crippen LogP contribution in [-0.2, 0) is 6.42 Å². The van der Waals surface area contributed by atoms with Crippen molar-refractivity contribution in [1.82, 2.24) is 5.43 Å². The Hall–Kier alpha value is -1.36. The number of ether oxygens (including phenoxy) is 1. The molecular formula is C17H21BrN2O. The van der Waals surface area contributed by atoms with E-state index in [2.05, 4.69) is 52.5 Å². The molecule has 0 heterocycles. The zero-order chi connectivity index (χ0) is 15.1. The average Bonchev–Trinajstić information content (AvgIpc) is 2.52. The third kappa shape index (κ3) is 4.84. The fourth-order valence-electron chi connectivity index (χ4n) is 2.17. The van der Waals surface area contributed by atoms with Gasteiger partial charge in [0.2, 0.25) is 0 Å². The number of hydrogen-bond acceptors (Lipinski definition) is 3. The summed E-state index contributed by atoms with van der Waals surface area (Å²) in [6.07, 6.45) is 1.84. The molecule has 0 bridgehead atoms. The highest BCUT2D eigenvalue weighted by molar-refractivity contribution is 9.10. The van der Waals surface area contributed by atoms with E-state index in [4.69, 9.17) is 10.6 Å². The highest BCUT2D eigenvalue weighted by Gasteiger charge is 2.11. The smallest absolute Gasteiger partial charge is 0.119 e. The van der Waals surface area contributed by atoms with Gasteiger partial charge in [0.25, 0.3) is 0 Å². The maximum atomic E-state index is 5.73. The molecule has 1 atom stereocenters. The third-order valence-electron chi connectivity index (χ3n) is 3.29. The second-order valence-electron chi connectivity index (χ2n) is 4.97. The van der Waals surface area contributed by atoms with Gasteiger partial charge in [-0.25, -0.2) is 0 Å². The summed E-state index contributed by atoms with van der Waals surface area (Å²) in [6, 6.07) is 16.5. The van der Waals surface area contributed by atoms with Crippen molar-refractivity contribution in [2.45, 2.75) is 25.8 Å². The van der Waals surface area contributed by atoms with E-state index in [1.54, 1.807) is 0 Å². The topological polar surface area (TPSA) is 47.3 Å². The second kappa shape index (κ2) is 8.17. The van der Waals surface area contributed by atoms with Gasteiger partial charge in [-0.15, -0.1) is 0 Å². The first kappa shape index (κ1) is 16.0. The maximum absolute atomic E-state index is 5.73. The largest absolute Gasteiger partial charge is 0.494 e. The summed E-state index contributed by atoms with van der Waals surface area (Å²) in [5.41, 5.74) is 5.27. The van der Waals surface area contributed by atoms with Crippen molar-refractivity contribution in [3.05, 3.63) is 64.1 Å². The number of halogens is 1. The Kier molecular flexibility index (Phi) is 6.23. The number of nitrogens with one attached hydrogen (secondary N) is 1. The van der Waals surface area contributed by atoms with Crippen molar-refractivity contribution in [2.75, 3.05) is 6.61 Å². The van der Waals surface area contributed by atoms with Crippen molar-refractivity contribution in [2.24, 2.45) is 5.84 Å². The Balaban J connectivity index is 2.11. The number of benzene rings is 2. The molecule has 0 aliphatic rings. The van der Waals surface area contributed by atoms with Gasteiger partial charge in [0.1, 0.15) is 5.75 Å². The van der Waals surface area contributed by atoms with E-state index in [-0.39, 0.29) is 6.04 Å². The van der Waals surface area contributed by atoms with Crippen LogP contribution in [0, 0.1) is 0 Å². The van der Waals surface area contributed by atoms with Crippen LogP contribution < -0.4 is 16.0 Å². The highest BCUT2D eigenvalue weighted by atomic mass is 79.9. The van der Waals surface area contributed by atoms with Gasteiger partial charge in [0.05, 0.1) is 12.6 Å². The predicted octanol–water partition coefficient (Wildman–Crippen LogP) is 3.99. The summed E-state index contributed by atoms with van der Waals surface area (Å²) in [7, 11) is 0. The first-order valence-electron chi connectivity index (χ1n) is 7.16. The summed E-state index contributed by atoms with van der Waals surface area (Å²) in [4.78, 5) is 0. The molecule has 4 heteroatoms. The quantitative estimate of drug-likeness (QED) is 0.587. The molecule has 112 valence electrons. The van der Waals surface area contributed by atoms with E-state index in [9.17, 15) is 0 Å². The molecule has 3 nitrogen and oxygen atoms in total. The van der Waals surface area contributed by atoms with Crippen molar-refractivity contribution in [3.63, 3.8) is 0 Å². The van der Waals surface area contributed by atoms with Gasteiger partial charge in [0.15, 0.2) is 0 Å². The molecule has 2 aromatic carbocycles. The summed E-state index contributed by atoms with van der Waals surface area (Å²) >= 11 is 3.45. The molecule has 2 aromatic rings. The normalized spacial score (nSPS) is 12.1. The second-order valence-corrected chi connectivity index (χ2v) is 5.89. The first-order valence-corrected chi connectivity index (χ1v) is 7.95. The van der Waals surface area contributed by atoms with Gasteiger partial charge in [-0.1, -0.05) is 47.1 Å². The predicted molar refractivity (Wildman–Crippen MR) is 90.1 cm³/mol. The highest BCUT2D eigenvalue weighted by Crippen LogP contribution is 2.23. The van der Waals surface area contributed by atoms with Gasteiger partial charge in [-0.3, -0.25) is 11.3 Å². The zero-order valence-electron chi connectivity index (χ0n) is 12.2. The molecular weight excluding hydrogens is 328 g/mol. The van der Waals surface area contributed by atoms with E-state index >= 15 is 0 Å². The van der Waals surface area contributed by atoms with Crippen LogP contribution in [0.1, 0.15) is 30.5 Å². The Morgan fingerprint density at radius 1 is 1.19 bits per heavy atom. The van der Waals surface area contributed by atoms with Crippen molar-refractivity contribution >= 4 is 15.9 Å². The molecule has 1 unspecified atom stereocenters. The molecule has 0 aliphatic heterocycles. The van der Waals surface area contributed by atoms with Crippen LogP contribution in [0.15, 0.2) is 53.0 Å². The van der Waals surface area contributed by atoms with Gasteiger partial charge >= 0.3 is 0 Å². The van der Waals surface area contributed by atoms with Crippen LogP contribution in [0.5, 0.6) is 5.75 Å². The minimum absolute atomic E-state index is 0.0661. The van der Waals surface area contributed by atoms with Crippen LogP contribution in [0.25, 0.3) is 0 Å². The summed E-state index contributed by atoms with van der Waals surface area (Å²) < 4.78 is 6.76. The molecule has 0 saturated carbocycles. The van der Waals surface area contributed by atoms with Crippen molar-refractivity contribution < 1.29 is 4.74 Å². The number of hydrogen-bond donors (Lipinski definition) is 2. The van der Waals surface area contributed by atoms with Gasteiger partial charge in [-0.2, -0.15) is 0 Å². The summed E-state index contributed by atoms with van der Waals surface area (Å²) in [5, 5.41) is 0. The van der Waals surface area contributed by atoms with Crippen molar-refractivity contribution in [3.8, 4) is 5.75 Å². The number of rotatable bonds is 7. The Morgan fingerprint density at radius 3 is 2.62 bits per heavy atom. The van der Waals surface area contributed by atoms with E-state index in [1.165, 1.54) is 5.56 Å². The van der Waals surface area contributed by atoms with E-state index in [0.29, 0.717) is 0 Å². The SMILES string of the molecule is CCCOc1cccc(C(Cc2ccc(Br)cc2)NN)c1. The molecule has 0 amide bonds. The lowest BCUT2D eigenvalue weighted by atomic mass is 9.99. The Morgan fingerprint density at radius 2 is 1.95 bits per heavy atom. The molecule has 0 radical (unpaired) electrons. The molecule has 2 rings (SSSR count). The zero-order valence-corrected chi connectivity index (χ0v) is 13.8. The maximum Gasteiger partial charge on any atom is 0.119 e. The molecule has 0 spiro atoms. The molecule has 0 aliphatic carbocycles. The summed E-state index contributed by atoms with van der Waals surface area (Å²) in [6.45, 7) is 2.83. The lowest BCUT2D eigenvalue weighted by Gasteiger charge is -2.17. The lowest BCUT2D eigenvalue weighted by Crippen LogP contribution is -2.29. The minimum atomic E-state index is 0.0661. The fraction of sp³-hybridized carbons (Fsp3) is 0.294. The van der Waals surface area contributed by atoms with Crippen LogP contribution in [0.3, 0.4) is 0 Å². The van der Waals surface area contributed by atoms with Crippen LogP contribution in [0.2, 0.25) is 0 Å². The standard InChI is InChI=1S/C17H21BrN2O/c1-2-10-21-16-5-3-4-14(12-16)17(20-19)11-13-6-8-15(18)9-7-13/h3-9,12,17,20H,2,10-11,19H2,1H3. The van der Waals surface area contributed by atoms with Crippen LogP contribution >= 0.6 is 15.9 Å². The molecule has 21 heavy (non-hydrogen) atoms. The van der Waals surface area contributed by atoms with Crippen LogP contribution in [0.4, 0.5) is 0 Å². The average molecular weight is 349 g/mol. The van der Waals surface area contributed by atoms with E-state index < -0.39 is 0 Å².